The predicted octanol–water partition coefficient (Wildman–Crippen LogP) is 3.60. The molecular formula is C19H19F3N4O4S2. The van der Waals surface area contributed by atoms with Crippen LogP contribution in [0, 0.1) is 0 Å². The van der Waals surface area contributed by atoms with Crippen LogP contribution in [0.4, 0.5) is 18.9 Å². The van der Waals surface area contributed by atoms with Gasteiger partial charge in [0, 0.05) is 24.4 Å². The molecule has 32 heavy (non-hydrogen) atoms. The Kier molecular flexibility index (Phi) is 5.65. The molecule has 1 N–H and O–H groups in total. The van der Waals surface area contributed by atoms with Crippen LogP contribution < -0.4 is 10.1 Å². The third kappa shape index (κ3) is 4.31. The largest absolute Gasteiger partial charge is 0.494 e. The molecule has 3 aromatic rings. The van der Waals surface area contributed by atoms with Gasteiger partial charge in [-0.15, -0.1) is 11.3 Å². The second kappa shape index (κ2) is 8.03. The van der Waals surface area contributed by atoms with Crippen molar-refractivity contribution >= 4 is 43.8 Å². The van der Waals surface area contributed by atoms with E-state index in [4.69, 9.17) is 4.74 Å². The molecule has 0 saturated carbocycles. The lowest BCUT2D eigenvalue weighted by Crippen LogP contribution is -2.23. The summed E-state index contributed by atoms with van der Waals surface area (Å²) in [5.74, 6) is 0.432. The lowest BCUT2D eigenvalue weighted by molar-refractivity contribution is -0.140. The first kappa shape index (κ1) is 22.5. The Hall–Kier alpha value is -2.67. The number of halogens is 3. The molecule has 2 aromatic heterocycles. The van der Waals surface area contributed by atoms with Crippen LogP contribution in [0.2, 0.25) is 0 Å². The lowest BCUT2D eigenvalue weighted by atomic mass is 10.0. The molecule has 1 saturated heterocycles. The Morgan fingerprint density at radius 1 is 1.25 bits per heavy atom. The number of nitrogens with one attached hydrogen (secondary N) is 1. The van der Waals surface area contributed by atoms with E-state index in [2.05, 4.69) is 15.3 Å². The highest BCUT2D eigenvalue weighted by Crippen LogP contribution is 2.35. The molecule has 0 atom stereocenters. The second-order valence-corrected chi connectivity index (χ2v) is 10.6. The maximum atomic E-state index is 12.8. The molecule has 3 heterocycles. The minimum Gasteiger partial charge on any atom is -0.494 e. The summed E-state index contributed by atoms with van der Waals surface area (Å²) >= 11 is 0.596. The monoisotopic (exact) mass is 488 g/mol. The van der Waals surface area contributed by atoms with Crippen molar-refractivity contribution in [3.8, 4) is 5.75 Å². The molecule has 0 bridgehead atoms. The van der Waals surface area contributed by atoms with Crippen LogP contribution in [-0.2, 0) is 23.1 Å². The van der Waals surface area contributed by atoms with E-state index in [1.165, 1.54) is 7.11 Å². The number of ether oxygens (including phenoxy) is 1. The number of sulfone groups is 1. The maximum absolute atomic E-state index is 12.8. The summed E-state index contributed by atoms with van der Waals surface area (Å²) in [5, 5.41) is 3.02. The van der Waals surface area contributed by atoms with Crippen molar-refractivity contribution in [3.63, 3.8) is 0 Å². The van der Waals surface area contributed by atoms with Crippen molar-refractivity contribution in [2.24, 2.45) is 7.05 Å². The van der Waals surface area contributed by atoms with Gasteiger partial charge in [-0.05, 0) is 18.9 Å². The molecule has 1 aliphatic heterocycles. The fraction of sp³-hybridized carbons (Fsp3) is 0.421. The highest BCUT2D eigenvalue weighted by Gasteiger charge is 2.34. The summed E-state index contributed by atoms with van der Waals surface area (Å²) in [5.41, 5.74) is 0.398. The van der Waals surface area contributed by atoms with Gasteiger partial charge in [0.05, 0.1) is 35.3 Å². The van der Waals surface area contributed by atoms with E-state index in [1.807, 2.05) is 4.57 Å². The van der Waals surface area contributed by atoms with Gasteiger partial charge in [0.25, 0.3) is 5.91 Å². The molecule has 1 amide bonds. The van der Waals surface area contributed by atoms with Gasteiger partial charge in [0.2, 0.25) is 0 Å². The maximum Gasteiger partial charge on any atom is 0.434 e. The van der Waals surface area contributed by atoms with Gasteiger partial charge in [-0.3, -0.25) is 4.79 Å². The summed E-state index contributed by atoms with van der Waals surface area (Å²) in [7, 11) is 0.183. The Balaban J connectivity index is 1.64. The summed E-state index contributed by atoms with van der Waals surface area (Å²) in [6, 6.07) is 3.25. The predicted molar refractivity (Wildman–Crippen MR) is 113 cm³/mol. The number of amides is 1. The molecule has 1 fully saturated rings. The summed E-state index contributed by atoms with van der Waals surface area (Å²) in [4.78, 5) is 20.5. The van der Waals surface area contributed by atoms with Gasteiger partial charge in [-0.25, -0.2) is 18.4 Å². The Morgan fingerprint density at radius 2 is 1.94 bits per heavy atom. The number of imidazole rings is 1. The molecule has 0 radical (unpaired) electrons. The number of alkyl halides is 3. The van der Waals surface area contributed by atoms with Crippen molar-refractivity contribution in [3.05, 3.63) is 34.0 Å². The van der Waals surface area contributed by atoms with Gasteiger partial charge in [-0.2, -0.15) is 13.2 Å². The van der Waals surface area contributed by atoms with Gasteiger partial charge >= 0.3 is 6.18 Å². The van der Waals surface area contributed by atoms with E-state index < -0.39 is 27.6 Å². The standard InChI is InChI=1S/C19H19F3N4O4S2/c1-26-13-7-12(24-17(27)18-25-15(9-31-18)19(20,21)22)14(30-2)8-11(13)23-16(26)10-3-5-32(28,29)6-4-10/h7-10H,3-6H2,1-2H3,(H,24,27). The quantitative estimate of drug-likeness (QED) is 0.602. The number of carbonyl (C=O) groups excluding carboxylic acids is 1. The van der Waals surface area contributed by atoms with Crippen LogP contribution in [-0.4, -0.2) is 47.5 Å². The third-order valence-corrected chi connectivity index (χ3v) is 7.95. The zero-order valence-corrected chi connectivity index (χ0v) is 18.7. The fourth-order valence-electron chi connectivity index (χ4n) is 3.70. The first-order valence-electron chi connectivity index (χ1n) is 9.57. The van der Waals surface area contributed by atoms with Crippen molar-refractivity contribution in [2.45, 2.75) is 24.9 Å². The number of hydrogen-bond donors (Lipinski definition) is 1. The molecule has 8 nitrogen and oxygen atoms in total. The fourth-order valence-corrected chi connectivity index (χ4v) is 5.91. The number of carbonyl (C=O) groups is 1. The van der Waals surface area contributed by atoms with E-state index in [9.17, 15) is 26.4 Å². The normalized spacial score (nSPS) is 16.9. The SMILES string of the molecule is COc1cc2nc(C3CCS(=O)(=O)CC3)n(C)c2cc1NC(=O)c1nc(C(F)(F)F)cs1. The Labute approximate surface area is 185 Å². The molecule has 172 valence electrons. The molecule has 1 aromatic carbocycles. The number of rotatable bonds is 4. The summed E-state index contributed by atoms with van der Waals surface area (Å²) in [6.07, 6.45) is -3.67. The average Bonchev–Trinajstić information content (AvgIpc) is 3.33. The smallest absolute Gasteiger partial charge is 0.434 e. The van der Waals surface area contributed by atoms with Gasteiger partial charge in [0.15, 0.2) is 10.7 Å². The highest BCUT2D eigenvalue weighted by molar-refractivity contribution is 7.91. The molecule has 4 rings (SSSR count). The van der Waals surface area contributed by atoms with Crippen molar-refractivity contribution in [1.29, 1.82) is 0 Å². The minimum atomic E-state index is -4.63. The van der Waals surface area contributed by atoms with E-state index in [0.717, 1.165) is 11.2 Å². The van der Waals surface area contributed by atoms with E-state index in [1.54, 1.807) is 19.2 Å². The first-order valence-corrected chi connectivity index (χ1v) is 12.3. The summed E-state index contributed by atoms with van der Waals surface area (Å²) in [6.45, 7) is 0. The topological polar surface area (TPSA) is 103 Å². The van der Waals surface area contributed by atoms with Crippen LogP contribution in [0.15, 0.2) is 17.5 Å². The molecule has 13 heteroatoms. The van der Waals surface area contributed by atoms with Crippen molar-refractivity contribution in [2.75, 3.05) is 23.9 Å². The van der Waals surface area contributed by atoms with E-state index >= 15 is 0 Å². The molecule has 1 aliphatic rings. The van der Waals surface area contributed by atoms with Gasteiger partial charge in [-0.1, -0.05) is 0 Å². The number of nitrogens with zero attached hydrogens (tertiary/aromatic N) is 3. The number of aryl methyl sites for hydroxylation is 1. The zero-order chi connectivity index (χ0) is 23.3. The average molecular weight is 489 g/mol. The minimum absolute atomic E-state index is 0.0175. The Bertz CT molecular complexity index is 1280. The van der Waals surface area contributed by atoms with Crippen LogP contribution in [0.5, 0.6) is 5.75 Å². The molecule has 0 aliphatic carbocycles. The van der Waals surface area contributed by atoms with Crippen LogP contribution in [0.3, 0.4) is 0 Å². The number of aromatic nitrogens is 3. The van der Waals surface area contributed by atoms with Crippen molar-refractivity contribution in [1.82, 2.24) is 14.5 Å². The third-order valence-electron chi connectivity index (χ3n) is 5.39. The van der Waals surface area contributed by atoms with E-state index in [-0.39, 0.29) is 33.9 Å². The number of benzene rings is 1. The van der Waals surface area contributed by atoms with Crippen LogP contribution in [0.25, 0.3) is 11.0 Å². The second-order valence-electron chi connectivity index (χ2n) is 7.49. The highest BCUT2D eigenvalue weighted by atomic mass is 32.2. The number of methoxy groups -OCH3 is 1. The molecule has 0 spiro atoms. The van der Waals surface area contributed by atoms with Gasteiger partial charge < -0.3 is 14.6 Å². The van der Waals surface area contributed by atoms with Crippen LogP contribution >= 0.6 is 11.3 Å². The number of fused-ring (bicyclic) bond motifs is 1. The Morgan fingerprint density at radius 3 is 2.53 bits per heavy atom. The zero-order valence-electron chi connectivity index (χ0n) is 17.1. The molecule has 0 unspecified atom stereocenters. The number of anilines is 1. The number of hydrogen-bond acceptors (Lipinski definition) is 7. The lowest BCUT2D eigenvalue weighted by Gasteiger charge is -2.21. The van der Waals surface area contributed by atoms with Crippen molar-refractivity contribution < 1.29 is 31.1 Å². The summed E-state index contributed by atoms with van der Waals surface area (Å²) < 4.78 is 69.0. The van der Waals surface area contributed by atoms with Gasteiger partial charge in [0.1, 0.15) is 21.4 Å². The number of thiazole rings is 1. The van der Waals surface area contributed by atoms with E-state index in [0.29, 0.717) is 35.2 Å². The molecular weight excluding hydrogens is 469 g/mol. The first-order chi connectivity index (χ1) is 15.0. The van der Waals surface area contributed by atoms with Crippen LogP contribution in [0.1, 0.15) is 40.1 Å².